The summed E-state index contributed by atoms with van der Waals surface area (Å²) in [5, 5.41) is 3.14. The molecule has 0 spiro atoms. The number of anilines is 1. The van der Waals surface area contributed by atoms with Crippen LogP contribution in [0.1, 0.15) is 29.8 Å². The largest absolute Gasteiger partial charge is 0.330 e. The van der Waals surface area contributed by atoms with Crippen molar-refractivity contribution in [3.63, 3.8) is 0 Å². The molecule has 1 aliphatic rings. The number of aryl methyl sites for hydroxylation is 3. The summed E-state index contributed by atoms with van der Waals surface area (Å²) in [5.74, 6) is 1.20. The molecule has 1 amide bonds. The summed E-state index contributed by atoms with van der Waals surface area (Å²) in [6.07, 6.45) is 1.98. The Morgan fingerprint density at radius 1 is 1.21 bits per heavy atom. The molecular formula is C23H28N4O. The molecule has 2 aromatic carbocycles. The number of benzene rings is 2. The monoisotopic (exact) mass is 376 g/mol. The molecule has 0 unspecified atom stereocenters. The van der Waals surface area contributed by atoms with Gasteiger partial charge in [0.05, 0.1) is 23.5 Å². The number of carbonyl (C=O) groups is 1. The van der Waals surface area contributed by atoms with Gasteiger partial charge in [-0.05, 0) is 57.0 Å². The third-order valence-electron chi connectivity index (χ3n) is 5.76. The normalized spacial score (nSPS) is 17.8. The van der Waals surface area contributed by atoms with E-state index in [0.717, 1.165) is 60.6 Å². The summed E-state index contributed by atoms with van der Waals surface area (Å²) >= 11 is 0. The maximum Gasteiger partial charge on any atom is 0.228 e. The smallest absolute Gasteiger partial charge is 0.228 e. The third-order valence-corrected chi connectivity index (χ3v) is 5.76. The summed E-state index contributed by atoms with van der Waals surface area (Å²) in [6, 6.07) is 14.4. The number of hydrogen-bond acceptors (Lipinski definition) is 3. The van der Waals surface area contributed by atoms with Crippen LogP contribution in [0.3, 0.4) is 0 Å². The van der Waals surface area contributed by atoms with Crippen LogP contribution in [-0.2, 0) is 18.4 Å². The molecule has 1 atom stereocenters. The molecule has 146 valence electrons. The number of piperidine rings is 1. The lowest BCUT2D eigenvalue weighted by molar-refractivity contribution is -0.121. The molecule has 4 rings (SSSR count). The lowest BCUT2D eigenvalue weighted by Crippen LogP contribution is -2.40. The second-order valence-electron chi connectivity index (χ2n) is 7.96. The van der Waals surface area contributed by atoms with Gasteiger partial charge in [0.15, 0.2) is 0 Å². The highest BCUT2D eigenvalue weighted by Gasteiger charge is 2.27. The highest BCUT2D eigenvalue weighted by atomic mass is 16.1. The number of hydrogen-bond donors (Lipinski definition) is 1. The van der Waals surface area contributed by atoms with Crippen molar-refractivity contribution in [2.75, 3.05) is 18.4 Å². The quantitative estimate of drug-likeness (QED) is 0.748. The second kappa shape index (κ2) is 7.76. The van der Waals surface area contributed by atoms with Crippen LogP contribution in [0, 0.1) is 19.8 Å². The van der Waals surface area contributed by atoms with E-state index < -0.39 is 0 Å². The lowest BCUT2D eigenvalue weighted by Gasteiger charge is -2.31. The van der Waals surface area contributed by atoms with Gasteiger partial charge in [-0.25, -0.2) is 4.98 Å². The van der Waals surface area contributed by atoms with Crippen molar-refractivity contribution in [3.05, 3.63) is 59.4 Å². The molecule has 1 aromatic heterocycles. The van der Waals surface area contributed by atoms with Crippen molar-refractivity contribution in [2.45, 2.75) is 33.2 Å². The zero-order valence-corrected chi connectivity index (χ0v) is 16.9. The number of nitrogens with zero attached hydrogens (tertiary/aromatic N) is 3. The third kappa shape index (κ3) is 3.80. The lowest BCUT2D eigenvalue weighted by atomic mass is 9.96. The Kier molecular flexibility index (Phi) is 5.18. The Morgan fingerprint density at radius 3 is 2.82 bits per heavy atom. The van der Waals surface area contributed by atoms with Crippen molar-refractivity contribution in [2.24, 2.45) is 13.0 Å². The highest BCUT2D eigenvalue weighted by molar-refractivity contribution is 5.93. The van der Waals surface area contributed by atoms with Crippen molar-refractivity contribution in [1.82, 2.24) is 14.5 Å². The van der Waals surface area contributed by atoms with E-state index in [0.29, 0.717) is 0 Å². The van der Waals surface area contributed by atoms with Crippen molar-refractivity contribution < 1.29 is 4.79 Å². The molecule has 1 N–H and O–H groups in total. The fourth-order valence-electron chi connectivity index (χ4n) is 4.14. The zero-order valence-electron chi connectivity index (χ0n) is 16.9. The number of nitrogens with one attached hydrogen (secondary N) is 1. The Bertz CT molecular complexity index is 1010. The van der Waals surface area contributed by atoms with E-state index >= 15 is 0 Å². The average Bonchev–Trinajstić information content (AvgIpc) is 3.00. The molecule has 0 aliphatic carbocycles. The minimum Gasteiger partial charge on any atom is -0.330 e. The van der Waals surface area contributed by atoms with Crippen molar-refractivity contribution >= 4 is 22.6 Å². The Hall–Kier alpha value is -2.66. The van der Waals surface area contributed by atoms with Crippen LogP contribution in [0.15, 0.2) is 42.5 Å². The first-order valence-electron chi connectivity index (χ1n) is 10.0. The predicted molar refractivity (Wildman–Crippen MR) is 113 cm³/mol. The number of carbonyl (C=O) groups excluding carboxylic acids is 1. The topological polar surface area (TPSA) is 50.2 Å². The maximum absolute atomic E-state index is 12.9. The van der Waals surface area contributed by atoms with Gasteiger partial charge in [-0.15, -0.1) is 0 Å². The van der Waals surface area contributed by atoms with E-state index in [1.54, 1.807) is 0 Å². The first-order chi connectivity index (χ1) is 13.5. The van der Waals surface area contributed by atoms with Gasteiger partial charge in [0.2, 0.25) is 5.91 Å². The van der Waals surface area contributed by atoms with Gasteiger partial charge in [-0.2, -0.15) is 0 Å². The van der Waals surface area contributed by atoms with Gasteiger partial charge in [0, 0.05) is 19.3 Å². The zero-order chi connectivity index (χ0) is 19.7. The van der Waals surface area contributed by atoms with Crippen LogP contribution >= 0.6 is 0 Å². The molecular weight excluding hydrogens is 348 g/mol. The number of likely N-dealkylation sites (tertiary alicyclic amines) is 1. The summed E-state index contributed by atoms with van der Waals surface area (Å²) in [5.41, 5.74) is 5.42. The average molecular weight is 377 g/mol. The van der Waals surface area contributed by atoms with E-state index in [-0.39, 0.29) is 11.8 Å². The summed E-state index contributed by atoms with van der Waals surface area (Å²) in [7, 11) is 2.07. The maximum atomic E-state index is 12.9. The van der Waals surface area contributed by atoms with E-state index in [4.69, 9.17) is 4.98 Å². The standard InChI is InChI=1S/C23H28N4O/c1-16-10-11-19(17(2)13-16)25-23(28)18-7-6-12-27(14-18)15-22-24-20-8-4-5-9-21(20)26(22)3/h4-5,8-11,13,18H,6-7,12,14-15H2,1-3H3,(H,25,28)/t18-/m0/s1. The molecule has 1 aliphatic heterocycles. The van der Waals surface area contributed by atoms with Gasteiger partial charge in [0.25, 0.3) is 0 Å². The number of fused-ring (bicyclic) bond motifs is 1. The number of para-hydroxylation sites is 2. The summed E-state index contributed by atoms with van der Waals surface area (Å²) < 4.78 is 2.16. The molecule has 3 aromatic rings. The molecule has 1 fully saturated rings. The molecule has 1 saturated heterocycles. The van der Waals surface area contributed by atoms with Crippen LogP contribution in [0.2, 0.25) is 0 Å². The second-order valence-corrected chi connectivity index (χ2v) is 7.96. The van der Waals surface area contributed by atoms with E-state index in [2.05, 4.69) is 47.0 Å². The molecule has 0 bridgehead atoms. The van der Waals surface area contributed by atoms with Gasteiger partial charge in [0.1, 0.15) is 5.82 Å². The van der Waals surface area contributed by atoms with Crippen LogP contribution in [0.5, 0.6) is 0 Å². The first-order valence-corrected chi connectivity index (χ1v) is 10.0. The molecule has 0 saturated carbocycles. The van der Waals surface area contributed by atoms with Crippen molar-refractivity contribution in [1.29, 1.82) is 0 Å². The minimum atomic E-state index is 0.0177. The molecule has 5 heteroatoms. The summed E-state index contributed by atoms with van der Waals surface area (Å²) in [4.78, 5) is 20.0. The van der Waals surface area contributed by atoms with Crippen LogP contribution < -0.4 is 5.32 Å². The Labute approximate surface area is 166 Å². The van der Waals surface area contributed by atoms with Crippen LogP contribution in [0.4, 0.5) is 5.69 Å². The van der Waals surface area contributed by atoms with Crippen molar-refractivity contribution in [3.8, 4) is 0 Å². The number of aromatic nitrogens is 2. The van der Waals surface area contributed by atoms with E-state index in [1.165, 1.54) is 5.56 Å². The fraction of sp³-hybridized carbons (Fsp3) is 0.391. The van der Waals surface area contributed by atoms with Gasteiger partial charge < -0.3 is 9.88 Å². The van der Waals surface area contributed by atoms with Crippen LogP contribution in [0.25, 0.3) is 11.0 Å². The Balaban J connectivity index is 1.43. The number of rotatable bonds is 4. The first kappa shape index (κ1) is 18.7. The van der Waals surface area contributed by atoms with Gasteiger partial charge in [-0.3, -0.25) is 9.69 Å². The Morgan fingerprint density at radius 2 is 2.04 bits per heavy atom. The minimum absolute atomic E-state index is 0.0177. The van der Waals surface area contributed by atoms with Gasteiger partial charge in [-0.1, -0.05) is 29.8 Å². The fourth-order valence-corrected chi connectivity index (χ4v) is 4.14. The van der Waals surface area contributed by atoms with E-state index in [1.807, 2.05) is 31.2 Å². The highest BCUT2D eigenvalue weighted by Crippen LogP contribution is 2.23. The van der Waals surface area contributed by atoms with Crippen LogP contribution in [-0.4, -0.2) is 33.4 Å². The molecule has 5 nitrogen and oxygen atoms in total. The predicted octanol–water partition coefficient (Wildman–Crippen LogP) is 4.04. The number of amides is 1. The molecule has 28 heavy (non-hydrogen) atoms. The molecule has 0 radical (unpaired) electrons. The number of imidazole rings is 1. The van der Waals surface area contributed by atoms with Gasteiger partial charge >= 0.3 is 0 Å². The SMILES string of the molecule is Cc1ccc(NC(=O)[C@H]2CCCN(Cc3nc4ccccc4n3C)C2)c(C)c1. The van der Waals surface area contributed by atoms with E-state index in [9.17, 15) is 4.79 Å². The molecule has 2 heterocycles. The summed E-state index contributed by atoms with van der Waals surface area (Å²) in [6.45, 7) is 6.68.